The molecule has 0 saturated heterocycles. The van der Waals surface area contributed by atoms with Crippen molar-refractivity contribution in [1.82, 2.24) is 0 Å². The van der Waals surface area contributed by atoms with Crippen molar-refractivity contribution in [2.75, 3.05) is 14.2 Å². The summed E-state index contributed by atoms with van der Waals surface area (Å²) in [5.74, 6) is 0. The lowest BCUT2D eigenvalue weighted by molar-refractivity contribution is 0.191. The Balaban J connectivity index is 3.45. The molecule has 0 aromatic rings. The fraction of sp³-hybridized carbons (Fsp3) is 1.00. The van der Waals surface area contributed by atoms with E-state index in [9.17, 15) is 4.11 Å². The van der Waals surface area contributed by atoms with Crippen molar-refractivity contribution in [3.05, 3.63) is 0 Å². The lowest BCUT2D eigenvalue weighted by atomic mass is 10.2. The first-order valence-corrected chi connectivity index (χ1v) is 6.38. The van der Waals surface area contributed by atoms with E-state index in [1.54, 1.807) is 0 Å². The normalized spacial score (nSPS) is 12.0. The topological polar surface area (TPSA) is 18.5 Å². The molecule has 0 radical (unpaired) electrons. The number of rotatable bonds is 7. The third-order valence-electron chi connectivity index (χ3n) is 1.94. The number of hydrogen-bond acceptors (Lipinski definition) is 2. The van der Waals surface area contributed by atoms with E-state index in [0.717, 1.165) is 19.3 Å². The summed E-state index contributed by atoms with van der Waals surface area (Å²) in [6.07, 6.45) is 4.28. The summed E-state index contributed by atoms with van der Waals surface area (Å²) in [5.41, 5.74) is 0. The Labute approximate surface area is 75.5 Å². The van der Waals surface area contributed by atoms with Gasteiger partial charge in [-0.1, -0.05) is 26.2 Å². The Morgan fingerprint density at radius 3 is 2.08 bits per heavy atom. The fourth-order valence-corrected chi connectivity index (χ4v) is 2.30. The minimum atomic E-state index is -3.25. The highest BCUT2D eigenvalue weighted by Crippen LogP contribution is 2.17. The summed E-state index contributed by atoms with van der Waals surface area (Å²) < 4.78 is 22.8. The summed E-state index contributed by atoms with van der Waals surface area (Å²) in [6.45, 7) is 2.13. The summed E-state index contributed by atoms with van der Waals surface area (Å²) in [5, 5.41) is 0. The van der Waals surface area contributed by atoms with Crippen LogP contribution in [0.3, 0.4) is 0 Å². The van der Waals surface area contributed by atoms with Crippen LogP contribution in [0.4, 0.5) is 4.11 Å². The number of halogens is 1. The van der Waals surface area contributed by atoms with Crippen LogP contribution in [-0.4, -0.2) is 23.1 Å². The van der Waals surface area contributed by atoms with Crippen molar-refractivity contribution in [1.29, 1.82) is 0 Å². The van der Waals surface area contributed by atoms with Gasteiger partial charge in [0.2, 0.25) is 0 Å². The zero-order valence-corrected chi connectivity index (χ0v) is 9.23. The monoisotopic (exact) mass is 194 g/mol. The van der Waals surface area contributed by atoms with E-state index in [-0.39, 0.29) is 0 Å². The zero-order valence-electron chi connectivity index (χ0n) is 8.23. The van der Waals surface area contributed by atoms with Gasteiger partial charge in [0.15, 0.2) is 0 Å². The van der Waals surface area contributed by atoms with Gasteiger partial charge in [-0.05, 0) is 6.42 Å². The second-order valence-corrected chi connectivity index (χ2v) is 5.52. The van der Waals surface area contributed by atoms with Crippen molar-refractivity contribution < 1.29 is 13.0 Å². The Bertz CT molecular complexity index is 107. The van der Waals surface area contributed by atoms with E-state index >= 15 is 0 Å². The van der Waals surface area contributed by atoms with E-state index in [4.69, 9.17) is 8.85 Å². The van der Waals surface area contributed by atoms with E-state index in [1.165, 1.54) is 20.6 Å². The third kappa shape index (κ3) is 4.85. The molecule has 0 N–H and O–H groups in total. The number of unbranched alkanes of at least 4 members (excludes halogenated alkanes) is 3. The Morgan fingerprint density at radius 2 is 1.67 bits per heavy atom. The molecule has 0 aliphatic carbocycles. The maximum atomic E-state index is 13.4. The molecule has 0 aliphatic rings. The predicted molar refractivity (Wildman–Crippen MR) is 49.8 cm³/mol. The van der Waals surface area contributed by atoms with Crippen molar-refractivity contribution >= 4 is 8.89 Å². The number of hydrogen-bond donors (Lipinski definition) is 0. The molecule has 0 aromatic carbocycles. The van der Waals surface area contributed by atoms with E-state index in [0.29, 0.717) is 6.04 Å². The molecular weight excluding hydrogens is 175 g/mol. The molecule has 0 amide bonds. The minimum Gasteiger partial charge on any atom is -0.374 e. The highest BCUT2D eigenvalue weighted by molar-refractivity contribution is 6.59. The molecule has 4 heteroatoms. The summed E-state index contributed by atoms with van der Waals surface area (Å²) in [4.78, 5) is 0. The van der Waals surface area contributed by atoms with Crippen LogP contribution in [-0.2, 0) is 8.85 Å². The Hall–Kier alpha value is 0.0669. The van der Waals surface area contributed by atoms with Crippen LogP contribution in [0.5, 0.6) is 0 Å². The molecule has 74 valence electrons. The van der Waals surface area contributed by atoms with Crippen LogP contribution in [0.15, 0.2) is 0 Å². The molecule has 0 spiro atoms. The van der Waals surface area contributed by atoms with E-state index in [1.807, 2.05) is 0 Å². The quantitative estimate of drug-likeness (QED) is 0.352. The van der Waals surface area contributed by atoms with Crippen LogP contribution in [0.2, 0.25) is 6.04 Å². The zero-order chi connectivity index (χ0) is 9.45. The first kappa shape index (κ1) is 12.1. The molecular formula is C8H19FO2Si. The lowest BCUT2D eigenvalue weighted by Crippen LogP contribution is -2.34. The second-order valence-electron chi connectivity index (χ2n) is 2.88. The summed E-state index contributed by atoms with van der Waals surface area (Å²) >= 11 is 0. The van der Waals surface area contributed by atoms with Crippen LogP contribution in [0.1, 0.15) is 32.6 Å². The van der Waals surface area contributed by atoms with Gasteiger partial charge in [-0.3, -0.25) is 0 Å². The Morgan fingerprint density at radius 1 is 1.08 bits per heavy atom. The summed E-state index contributed by atoms with van der Waals surface area (Å²) in [6, 6.07) is 0.458. The summed E-state index contributed by atoms with van der Waals surface area (Å²) in [7, 11) is -0.478. The lowest BCUT2D eigenvalue weighted by Gasteiger charge is -2.16. The molecule has 0 rings (SSSR count). The highest BCUT2D eigenvalue weighted by Gasteiger charge is 2.36. The van der Waals surface area contributed by atoms with E-state index in [2.05, 4.69) is 6.92 Å². The van der Waals surface area contributed by atoms with Gasteiger partial charge in [-0.25, -0.2) is 4.11 Å². The highest BCUT2D eigenvalue weighted by atomic mass is 28.4. The first-order chi connectivity index (χ1) is 5.68. The van der Waals surface area contributed by atoms with Crippen molar-refractivity contribution in [2.45, 2.75) is 38.7 Å². The fourth-order valence-electron chi connectivity index (χ4n) is 1.05. The van der Waals surface area contributed by atoms with E-state index < -0.39 is 8.89 Å². The van der Waals surface area contributed by atoms with Gasteiger partial charge in [-0.15, -0.1) is 0 Å². The average molecular weight is 194 g/mol. The standard InChI is InChI=1S/C8H19FO2Si/c1-4-5-6-7-8-12(9,10-2)11-3/h4-8H2,1-3H3. The van der Waals surface area contributed by atoms with Crippen molar-refractivity contribution in [3.8, 4) is 0 Å². The molecule has 12 heavy (non-hydrogen) atoms. The maximum Gasteiger partial charge on any atom is 0.539 e. The molecule has 0 saturated carbocycles. The van der Waals surface area contributed by atoms with Crippen molar-refractivity contribution in [3.63, 3.8) is 0 Å². The largest absolute Gasteiger partial charge is 0.539 e. The molecule has 0 heterocycles. The van der Waals surface area contributed by atoms with Gasteiger partial charge in [0, 0.05) is 20.3 Å². The van der Waals surface area contributed by atoms with Crippen molar-refractivity contribution in [2.24, 2.45) is 0 Å². The molecule has 0 fully saturated rings. The third-order valence-corrected chi connectivity index (χ3v) is 4.11. The average Bonchev–Trinajstić information content (AvgIpc) is 2.12. The van der Waals surface area contributed by atoms with Gasteiger partial charge in [0.25, 0.3) is 0 Å². The molecule has 0 atom stereocenters. The molecule has 0 aliphatic heterocycles. The minimum absolute atomic E-state index is 0.458. The van der Waals surface area contributed by atoms with Crippen LogP contribution < -0.4 is 0 Å². The van der Waals surface area contributed by atoms with Gasteiger partial charge < -0.3 is 8.85 Å². The van der Waals surface area contributed by atoms with Gasteiger partial charge in [0.1, 0.15) is 0 Å². The van der Waals surface area contributed by atoms with Gasteiger partial charge >= 0.3 is 8.89 Å². The predicted octanol–water partition coefficient (Wildman–Crippen LogP) is 2.77. The smallest absolute Gasteiger partial charge is 0.374 e. The molecule has 2 nitrogen and oxygen atoms in total. The van der Waals surface area contributed by atoms with Crippen LogP contribution >= 0.6 is 0 Å². The maximum absolute atomic E-state index is 13.4. The Kier molecular flexibility index (Phi) is 6.61. The van der Waals surface area contributed by atoms with Gasteiger partial charge in [-0.2, -0.15) is 0 Å². The van der Waals surface area contributed by atoms with Crippen LogP contribution in [0.25, 0.3) is 0 Å². The SMILES string of the molecule is CCCCCC[Si](F)(OC)OC. The molecule has 0 aromatic heterocycles. The second kappa shape index (κ2) is 6.57. The van der Waals surface area contributed by atoms with Gasteiger partial charge in [0.05, 0.1) is 0 Å². The first-order valence-electron chi connectivity index (χ1n) is 4.47. The van der Waals surface area contributed by atoms with Crippen LogP contribution in [0, 0.1) is 0 Å². The molecule has 0 unspecified atom stereocenters. The molecule has 0 bridgehead atoms.